The van der Waals surface area contributed by atoms with Gasteiger partial charge in [0.15, 0.2) is 23.3 Å². The van der Waals surface area contributed by atoms with E-state index < -0.39 is 23.3 Å². The topological polar surface area (TPSA) is 49.3 Å². The molecular formula is C40H31BBr2F4NO4S. The Labute approximate surface area is 328 Å². The Morgan fingerprint density at radius 2 is 0.698 bits per heavy atom. The van der Waals surface area contributed by atoms with Crippen LogP contribution in [-0.2, 0) is 0 Å². The number of hydrogen-bond acceptors (Lipinski definition) is 6. The summed E-state index contributed by atoms with van der Waals surface area (Å²) in [6.07, 6.45) is 0. The minimum atomic E-state index is -0.944. The van der Waals surface area contributed by atoms with E-state index in [2.05, 4.69) is 56.6 Å². The van der Waals surface area contributed by atoms with Crippen LogP contribution in [0, 0.1) is 23.3 Å². The molecule has 13 heteroatoms. The Bertz CT molecular complexity index is 2080. The van der Waals surface area contributed by atoms with Crippen LogP contribution in [-0.4, -0.2) is 36.1 Å². The van der Waals surface area contributed by atoms with E-state index in [4.69, 9.17) is 18.9 Å². The summed E-state index contributed by atoms with van der Waals surface area (Å²) < 4.78 is 84.5. The Kier molecular flexibility index (Phi) is 15.1. The van der Waals surface area contributed by atoms with Crippen LogP contribution in [0.15, 0.2) is 122 Å². The molecular weight excluding hydrogens is 837 g/mol. The summed E-state index contributed by atoms with van der Waals surface area (Å²) in [7, 11) is 10.3. The van der Waals surface area contributed by atoms with Crippen molar-refractivity contribution in [1.29, 1.82) is 0 Å². The van der Waals surface area contributed by atoms with Gasteiger partial charge in [0.05, 0.1) is 28.4 Å². The van der Waals surface area contributed by atoms with Crippen molar-refractivity contribution in [3.8, 4) is 67.5 Å². The number of methoxy groups -OCH3 is 4. The summed E-state index contributed by atoms with van der Waals surface area (Å²) in [4.78, 5) is 0. The molecule has 0 unspecified atom stereocenters. The number of ether oxygens (including phenoxy) is 4. The summed E-state index contributed by atoms with van der Waals surface area (Å²) in [5.41, 5.74) is 2.49. The van der Waals surface area contributed by atoms with Gasteiger partial charge in [-0.15, -0.1) is 0 Å². The van der Waals surface area contributed by atoms with Gasteiger partial charge in [0.25, 0.3) is 0 Å². The first-order valence-corrected chi connectivity index (χ1v) is 17.5. The third kappa shape index (κ3) is 9.51. The van der Waals surface area contributed by atoms with Crippen LogP contribution in [0.3, 0.4) is 0 Å². The van der Waals surface area contributed by atoms with Gasteiger partial charge >= 0.3 is 24.8 Å². The Morgan fingerprint density at radius 1 is 0.434 bits per heavy atom. The van der Waals surface area contributed by atoms with Crippen molar-refractivity contribution < 1.29 is 36.5 Å². The van der Waals surface area contributed by atoms with Gasteiger partial charge in [-0.3, -0.25) is 0 Å². The molecule has 0 N–H and O–H groups in total. The second-order valence-corrected chi connectivity index (χ2v) is 12.8. The summed E-state index contributed by atoms with van der Waals surface area (Å²) >= 11 is 9.89. The van der Waals surface area contributed by atoms with Crippen molar-refractivity contribution in [1.82, 2.24) is 0 Å². The second kappa shape index (κ2) is 19.5. The predicted molar refractivity (Wildman–Crippen MR) is 213 cm³/mol. The van der Waals surface area contributed by atoms with E-state index in [1.54, 1.807) is 109 Å². The molecule has 0 aliphatic rings. The number of benzene rings is 6. The van der Waals surface area contributed by atoms with E-state index in [1.807, 2.05) is 0 Å². The van der Waals surface area contributed by atoms with Crippen molar-refractivity contribution in [2.75, 3.05) is 28.4 Å². The van der Waals surface area contributed by atoms with E-state index >= 15 is 0 Å². The average molecular weight is 868 g/mol. The van der Waals surface area contributed by atoms with Crippen LogP contribution >= 0.6 is 44.7 Å². The van der Waals surface area contributed by atoms with Crippen molar-refractivity contribution in [3.05, 3.63) is 141 Å². The van der Waals surface area contributed by atoms with Crippen molar-refractivity contribution >= 4 is 52.3 Å². The normalized spacial score (nSPS) is 10.2. The molecule has 5 nitrogen and oxygen atoms in total. The summed E-state index contributed by atoms with van der Waals surface area (Å²) in [5, 5.41) is 0. The van der Waals surface area contributed by atoms with E-state index in [0.717, 1.165) is 8.95 Å². The fourth-order valence-electron chi connectivity index (χ4n) is 5.45. The predicted octanol–water partition coefficient (Wildman–Crippen LogP) is 12.3. The molecule has 0 spiro atoms. The summed E-state index contributed by atoms with van der Waals surface area (Å²) in [6, 6.07) is 30.4. The number of halogens is 6. The summed E-state index contributed by atoms with van der Waals surface area (Å²) in [6.45, 7) is 0. The van der Waals surface area contributed by atoms with Crippen molar-refractivity contribution in [2.24, 2.45) is 4.30 Å². The monoisotopic (exact) mass is 866 g/mol. The van der Waals surface area contributed by atoms with Crippen molar-refractivity contribution in [3.63, 3.8) is 0 Å². The van der Waals surface area contributed by atoms with Gasteiger partial charge in [0, 0.05) is 53.5 Å². The molecule has 0 aliphatic heterocycles. The Morgan fingerprint density at radius 3 is 1.00 bits per heavy atom. The number of rotatable bonds is 8. The molecule has 0 amide bonds. The van der Waals surface area contributed by atoms with E-state index in [1.165, 1.54) is 28.4 Å². The number of hydrogen-bond donors (Lipinski definition) is 1. The van der Waals surface area contributed by atoms with Crippen LogP contribution in [0.25, 0.3) is 44.5 Å². The number of para-hydroxylation sites is 2. The van der Waals surface area contributed by atoms with Gasteiger partial charge in [-0.05, 0) is 48.5 Å². The van der Waals surface area contributed by atoms with Gasteiger partial charge in [-0.25, -0.2) is 17.6 Å². The molecule has 53 heavy (non-hydrogen) atoms. The van der Waals surface area contributed by atoms with Crippen LogP contribution in [0.5, 0.6) is 23.0 Å². The van der Waals surface area contributed by atoms with Gasteiger partial charge in [0.1, 0.15) is 23.0 Å². The Balaban J connectivity index is 0.000000221. The van der Waals surface area contributed by atoms with Crippen LogP contribution in [0.4, 0.5) is 17.6 Å². The zero-order valence-electron chi connectivity index (χ0n) is 28.8. The average Bonchev–Trinajstić information content (AvgIpc) is 3.17. The molecule has 0 atom stereocenters. The van der Waals surface area contributed by atoms with Crippen LogP contribution < -0.4 is 18.9 Å². The first-order chi connectivity index (χ1) is 25.5. The fraction of sp³-hybridized carbons (Fsp3) is 0.100. The van der Waals surface area contributed by atoms with E-state index in [0.29, 0.717) is 45.3 Å². The summed E-state index contributed by atoms with van der Waals surface area (Å²) in [5.74, 6) is -1.83. The van der Waals surface area contributed by atoms with Crippen LogP contribution in [0.2, 0.25) is 0 Å². The second-order valence-electron chi connectivity index (χ2n) is 10.8. The quantitative estimate of drug-likeness (QED) is 0.0941. The third-order valence-corrected chi connectivity index (χ3v) is 8.85. The first-order valence-electron chi connectivity index (χ1n) is 15.5. The molecule has 0 heterocycles. The molecule has 6 aromatic rings. The zero-order valence-corrected chi connectivity index (χ0v) is 32.8. The molecule has 0 bridgehead atoms. The molecule has 1 radical (unpaired) electrons. The van der Waals surface area contributed by atoms with Gasteiger partial charge in [0.2, 0.25) is 0 Å². The first kappa shape index (κ1) is 41.2. The SMILES string of the molecule is COc1ccc(Br)cc1-c1ccc(-c2cc(Br)ccc2OC)c(F)c1F.COc1ccccc1-c1ccc(-c2ccccc2OC)c(F)c1F.[B]=NS. The maximum absolute atomic E-state index is 14.9. The minimum absolute atomic E-state index is 0.123. The Hall–Kier alpha value is -4.59. The molecule has 271 valence electrons. The van der Waals surface area contributed by atoms with Crippen molar-refractivity contribution in [2.45, 2.75) is 0 Å². The molecule has 0 aliphatic carbocycles. The van der Waals surface area contributed by atoms with E-state index in [9.17, 15) is 17.6 Å². The van der Waals surface area contributed by atoms with Gasteiger partial charge in [-0.2, -0.15) is 0 Å². The molecule has 0 saturated carbocycles. The molecule has 0 fully saturated rings. The standard InChI is InChI=1S/C20H14Br2F2O2.C20H16F2O2.BHNS/c1-25-17-7-3-11(21)9-15(17)13-5-6-14(20(24)19(13)23)16-10-12(22)4-8-18(16)26-2;1-23-17-9-5-3-7-13(17)15-11-12-16(20(22)19(15)21)14-8-4-6-10-18(14)24-2;1-2-3/h3-10H,1-2H3;3-12H,1-2H3;3H. The maximum atomic E-state index is 14.9. The van der Waals surface area contributed by atoms with E-state index in [-0.39, 0.29) is 22.3 Å². The number of nitrogens with zero attached hydrogens (tertiary/aromatic N) is 1. The molecule has 6 aromatic carbocycles. The molecule has 6 rings (SSSR count). The number of thiol groups is 1. The molecule has 0 saturated heterocycles. The van der Waals surface area contributed by atoms with Gasteiger partial charge in [-0.1, -0.05) is 92.5 Å². The zero-order chi connectivity index (χ0) is 38.7. The van der Waals surface area contributed by atoms with Crippen LogP contribution in [0.1, 0.15) is 0 Å². The van der Waals surface area contributed by atoms with Gasteiger partial charge < -0.3 is 18.9 Å². The molecule has 0 aromatic heterocycles. The third-order valence-electron chi connectivity index (χ3n) is 7.86. The fourth-order valence-corrected chi connectivity index (χ4v) is 6.17.